The van der Waals surface area contributed by atoms with Crippen LogP contribution in [0.3, 0.4) is 0 Å². The van der Waals surface area contributed by atoms with Crippen LogP contribution in [-0.4, -0.2) is 5.97 Å². The Morgan fingerprint density at radius 2 is 1.64 bits per heavy atom. The molecule has 2 nitrogen and oxygen atoms in total. The van der Waals surface area contributed by atoms with E-state index in [-0.39, 0.29) is 5.97 Å². The second-order valence-electron chi connectivity index (χ2n) is 6.13. The molecular weight excluding hydrogens is 308 g/mol. The Hall–Kier alpha value is -3.13. The van der Waals surface area contributed by atoms with Crippen LogP contribution in [0.1, 0.15) is 22.3 Å². The quantitative estimate of drug-likeness (QED) is 0.389. The highest BCUT2D eigenvalue weighted by atomic mass is 16.5. The maximum atomic E-state index is 12.0. The molecule has 0 saturated carbocycles. The molecule has 0 spiro atoms. The van der Waals surface area contributed by atoms with E-state index in [4.69, 9.17) is 4.74 Å². The molecule has 0 N–H and O–H groups in total. The van der Waals surface area contributed by atoms with Crippen LogP contribution in [0.25, 0.3) is 17.2 Å². The van der Waals surface area contributed by atoms with Gasteiger partial charge in [0.2, 0.25) is 0 Å². The number of hydrogen-bond acceptors (Lipinski definition) is 2. The molecule has 3 aromatic carbocycles. The van der Waals surface area contributed by atoms with Gasteiger partial charge in [-0.3, -0.25) is 0 Å². The van der Waals surface area contributed by atoms with E-state index in [1.807, 2.05) is 42.5 Å². The van der Waals surface area contributed by atoms with Gasteiger partial charge in [0.1, 0.15) is 6.61 Å². The van der Waals surface area contributed by atoms with Crippen LogP contribution in [0, 0.1) is 0 Å². The van der Waals surface area contributed by atoms with Crippen molar-refractivity contribution in [3.05, 3.63) is 101 Å². The summed E-state index contributed by atoms with van der Waals surface area (Å²) in [6, 6.07) is 24.4. The van der Waals surface area contributed by atoms with Gasteiger partial charge in [0.05, 0.1) is 0 Å². The second-order valence-corrected chi connectivity index (χ2v) is 6.13. The zero-order chi connectivity index (χ0) is 17.1. The summed E-state index contributed by atoms with van der Waals surface area (Å²) in [5, 5.41) is 0. The van der Waals surface area contributed by atoms with Crippen LogP contribution in [0.4, 0.5) is 0 Å². The lowest BCUT2D eigenvalue weighted by Gasteiger charge is -2.08. The Morgan fingerprint density at radius 3 is 2.52 bits per heavy atom. The smallest absolute Gasteiger partial charge is 0.331 e. The van der Waals surface area contributed by atoms with Crippen molar-refractivity contribution in [2.45, 2.75) is 13.0 Å². The lowest BCUT2D eigenvalue weighted by atomic mass is 10.0. The molecule has 0 aliphatic heterocycles. The topological polar surface area (TPSA) is 26.3 Å². The summed E-state index contributed by atoms with van der Waals surface area (Å²) in [5.41, 5.74) is 7.20. The monoisotopic (exact) mass is 326 g/mol. The maximum absolute atomic E-state index is 12.0. The highest BCUT2D eigenvalue weighted by Crippen LogP contribution is 2.38. The third-order valence-corrected chi connectivity index (χ3v) is 4.53. The number of hydrogen-bond donors (Lipinski definition) is 0. The fraction of sp³-hybridized carbons (Fsp3) is 0.0870. The predicted octanol–water partition coefficient (Wildman–Crippen LogP) is 5.01. The van der Waals surface area contributed by atoms with E-state index in [0.29, 0.717) is 6.61 Å². The molecule has 0 saturated heterocycles. The summed E-state index contributed by atoms with van der Waals surface area (Å²) in [6.45, 7) is 0.301. The number of carbonyl (C=O) groups is 1. The number of carbonyl (C=O) groups excluding carboxylic acids is 1. The average molecular weight is 326 g/mol. The van der Waals surface area contributed by atoms with Gasteiger partial charge in [-0.25, -0.2) is 4.79 Å². The number of ether oxygens (including phenoxy) is 1. The maximum Gasteiger partial charge on any atom is 0.331 e. The van der Waals surface area contributed by atoms with E-state index >= 15 is 0 Å². The molecule has 1 aliphatic carbocycles. The first-order chi connectivity index (χ1) is 12.3. The lowest BCUT2D eigenvalue weighted by molar-refractivity contribution is -0.138. The zero-order valence-corrected chi connectivity index (χ0v) is 13.8. The first-order valence-corrected chi connectivity index (χ1v) is 8.40. The number of fused-ring (bicyclic) bond motifs is 3. The molecule has 0 unspecified atom stereocenters. The van der Waals surface area contributed by atoms with E-state index in [0.717, 1.165) is 17.5 Å². The molecule has 1 aliphatic rings. The molecule has 122 valence electrons. The number of esters is 1. The number of rotatable bonds is 4. The highest BCUT2D eigenvalue weighted by molar-refractivity contribution is 5.87. The van der Waals surface area contributed by atoms with Gasteiger partial charge in [-0.1, -0.05) is 72.8 Å². The van der Waals surface area contributed by atoms with Crippen molar-refractivity contribution in [3.8, 4) is 11.1 Å². The van der Waals surface area contributed by atoms with Gasteiger partial charge in [-0.05, 0) is 45.9 Å². The Bertz CT molecular complexity index is 939. The number of benzene rings is 3. The molecule has 25 heavy (non-hydrogen) atoms. The minimum atomic E-state index is -0.322. The summed E-state index contributed by atoms with van der Waals surface area (Å²) < 4.78 is 5.45. The fourth-order valence-electron chi connectivity index (χ4n) is 3.28. The predicted molar refractivity (Wildman–Crippen MR) is 100.0 cm³/mol. The van der Waals surface area contributed by atoms with Crippen LogP contribution in [0.5, 0.6) is 0 Å². The molecule has 0 radical (unpaired) electrons. The standard InChI is InChI=1S/C23H18O2/c24-23(14-13-17-7-2-1-3-8-17)25-16-19-10-6-12-21-20-11-5-4-9-18(20)15-22(19)21/h1-14H,15-16H2. The van der Waals surface area contributed by atoms with Crippen molar-refractivity contribution in [2.24, 2.45) is 0 Å². The SMILES string of the molecule is O=C(C=Cc1ccccc1)OCc1cccc2c1Cc1ccccc1-2. The Balaban J connectivity index is 1.46. The minimum absolute atomic E-state index is 0.301. The van der Waals surface area contributed by atoms with Gasteiger partial charge in [-0.15, -0.1) is 0 Å². The van der Waals surface area contributed by atoms with Gasteiger partial charge in [-0.2, -0.15) is 0 Å². The fourth-order valence-corrected chi connectivity index (χ4v) is 3.28. The normalized spacial score (nSPS) is 12.0. The van der Waals surface area contributed by atoms with Gasteiger partial charge >= 0.3 is 5.97 Å². The van der Waals surface area contributed by atoms with Crippen molar-refractivity contribution < 1.29 is 9.53 Å². The van der Waals surface area contributed by atoms with E-state index in [2.05, 4.69) is 30.3 Å². The van der Waals surface area contributed by atoms with Crippen LogP contribution in [-0.2, 0) is 22.6 Å². The molecule has 3 aromatic rings. The Morgan fingerprint density at radius 1 is 0.880 bits per heavy atom. The molecule has 0 heterocycles. The van der Waals surface area contributed by atoms with Crippen LogP contribution in [0.15, 0.2) is 78.9 Å². The molecule has 0 fully saturated rings. The molecule has 4 rings (SSSR count). The minimum Gasteiger partial charge on any atom is -0.458 e. The van der Waals surface area contributed by atoms with E-state index in [1.165, 1.54) is 28.3 Å². The lowest BCUT2D eigenvalue weighted by Crippen LogP contribution is -2.03. The molecule has 0 aromatic heterocycles. The van der Waals surface area contributed by atoms with Gasteiger partial charge < -0.3 is 4.74 Å². The second kappa shape index (κ2) is 6.78. The average Bonchev–Trinajstić information content (AvgIpc) is 3.05. The van der Waals surface area contributed by atoms with E-state index < -0.39 is 0 Å². The van der Waals surface area contributed by atoms with Crippen LogP contribution >= 0.6 is 0 Å². The van der Waals surface area contributed by atoms with Gasteiger partial charge in [0.15, 0.2) is 0 Å². The molecule has 0 atom stereocenters. The summed E-state index contributed by atoms with van der Waals surface area (Å²) in [7, 11) is 0. The van der Waals surface area contributed by atoms with Crippen molar-refractivity contribution >= 4 is 12.0 Å². The van der Waals surface area contributed by atoms with E-state index in [1.54, 1.807) is 6.08 Å². The summed E-state index contributed by atoms with van der Waals surface area (Å²) in [4.78, 5) is 12.0. The summed E-state index contributed by atoms with van der Waals surface area (Å²) in [6.07, 6.45) is 4.15. The molecule has 0 bridgehead atoms. The molecule has 0 amide bonds. The third kappa shape index (κ3) is 3.24. The van der Waals surface area contributed by atoms with Crippen molar-refractivity contribution in [2.75, 3.05) is 0 Å². The molecule has 2 heteroatoms. The van der Waals surface area contributed by atoms with Crippen molar-refractivity contribution in [1.82, 2.24) is 0 Å². The first kappa shape index (κ1) is 15.4. The Kier molecular flexibility index (Phi) is 4.17. The van der Waals surface area contributed by atoms with Crippen molar-refractivity contribution in [1.29, 1.82) is 0 Å². The highest BCUT2D eigenvalue weighted by Gasteiger charge is 2.20. The third-order valence-electron chi connectivity index (χ3n) is 4.53. The van der Waals surface area contributed by atoms with Crippen LogP contribution in [0.2, 0.25) is 0 Å². The summed E-state index contributed by atoms with van der Waals surface area (Å²) in [5.74, 6) is -0.322. The van der Waals surface area contributed by atoms with E-state index in [9.17, 15) is 4.79 Å². The van der Waals surface area contributed by atoms with Crippen molar-refractivity contribution in [3.63, 3.8) is 0 Å². The van der Waals surface area contributed by atoms with Gasteiger partial charge in [0.25, 0.3) is 0 Å². The first-order valence-electron chi connectivity index (χ1n) is 8.40. The summed E-state index contributed by atoms with van der Waals surface area (Å²) >= 11 is 0. The van der Waals surface area contributed by atoms with Crippen LogP contribution < -0.4 is 0 Å². The zero-order valence-electron chi connectivity index (χ0n) is 13.8. The Labute approximate surface area is 147 Å². The van der Waals surface area contributed by atoms with Gasteiger partial charge in [0, 0.05) is 6.08 Å². The molecular formula is C23H18O2. The largest absolute Gasteiger partial charge is 0.458 e.